The summed E-state index contributed by atoms with van der Waals surface area (Å²) in [5, 5.41) is 14.2. The highest BCUT2D eigenvalue weighted by Gasteiger charge is 2.24. The minimum Gasteiger partial charge on any atom is -0.480 e. The fourth-order valence-electron chi connectivity index (χ4n) is 3.56. The second-order valence-corrected chi connectivity index (χ2v) is 9.11. The number of fused-ring (bicyclic) bond motifs is 1. The van der Waals surface area contributed by atoms with Crippen LogP contribution in [0.4, 0.5) is 0 Å². The monoisotopic (exact) mass is 532 g/mol. The first-order chi connectivity index (χ1) is 16.2. The lowest BCUT2D eigenvalue weighted by atomic mass is 10.0. The lowest BCUT2D eigenvalue weighted by Gasteiger charge is -2.16. The van der Waals surface area contributed by atoms with Crippen LogP contribution in [-0.4, -0.2) is 28.0 Å². The van der Waals surface area contributed by atoms with Gasteiger partial charge in [-0.05, 0) is 48.0 Å². The number of hydrogen-bond acceptors (Lipinski definition) is 3. The number of nitrogens with zero attached hydrogens (tertiary/aromatic N) is 1. The molecule has 0 fully saturated rings. The number of halogens is 4. The summed E-state index contributed by atoms with van der Waals surface area (Å²) < 4.78 is 0. The van der Waals surface area contributed by atoms with E-state index in [1.807, 2.05) is 12.1 Å². The number of aromatic nitrogens is 1. The maximum Gasteiger partial charge on any atom is 0.326 e. The van der Waals surface area contributed by atoms with Crippen LogP contribution >= 0.6 is 46.4 Å². The van der Waals surface area contributed by atoms with Gasteiger partial charge in [0.25, 0.3) is 5.91 Å². The minimum atomic E-state index is -1.19. The Balaban J connectivity index is 1.59. The number of carboxylic acids is 1. The molecule has 172 valence electrons. The molecule has 4 rings (SSSR count). The van der Waals surface area contributed by atoms with Crippen molar-refractivity contribution in [2.75, 3.05) is 0 Å². The van der Waals surface area contributed by atoms with E-state index in [0.717, 1.165) is 5.39 Å². The Labute approximate surface area is 215 Å². The molecule has 9 heteroatoms. The molecule has 0 bridgehead atoms. The second-order valence-electron chi connectivity index (χ2n) is 7.49. The first-order valence-electron chi connectivity index (χ1n) is 10.1. The Bertz CT molecular complexity index is 1380. The first-order valence-corrected chi connectivity index (χ1v) is 11.6. The molecule has 4 aromatic rings. The van der Waals surface area contributed by atoms with Gasteiger partial charge in [-0.2, -0.15) is 0 Å². The van der Waals surface area contributed by atoms with Crippen molar-refractivity contribution in [2.45, 2.75) is 12.5 Å². The van der Waals surface area contributed by atoms with Gasteiger partial charge in [-0.25, -0.2) is 9.78 Å². The molecule has 0 aliphatic rings. The van der Waals surface area contributed by atoms with Gasteiger partial charge in [0.1, 0.15) is 6.04 Å². The average Bonchev–Trinajstić information content (AvgIpc) is 2.78. The quantitative estimate of drug-likeness (QED) is 0.281. The Morgan fingerprint density at radius 1 is 0.853 bits per heavy atom. The molecule has 2 N–H and O–H groups in total. The molecule has 0 aliphatic heterocycles. The van der Waals surface area contributed by atoms with Crippen molar-refractivity contribution in [3.05, 3.63) is 97.9 Å². The third-order valence-electron chi connectivity index (χ3n) is 5.21. The number of carbonyl (C=O) groups excluding carboxylic acids is 1. The van der Waals surface area contributed by atoms with E-state index in [1.54, 1.807) is 42.5 Å². The summed E-state index contributed by atoms with van der Waals surface area (Å²) in [5.41, 5.74) is 2.70. The molecule has 1 amide bonds. The summed E-state index contributed by atoms with van der Waals surface area (Å²) in [7, 11) is 0. The van der Waals surface area contributed by atoms with Gasteiger partial charge >= 0.3 is 5.97 Å². The number of carbonyl (C=O) groups is 2. The Kier molecular flexibility index (Phi) is 7.29. The van der Waals surface area contributed by atoms with E-state index in [0.29, 0.717) is 32.4 Å². The average molecular weight is 534 g/mol. The largest absolute Gasteiger partial charge is 0.480 e. The molecule has 0 radical (unpaired) electrons. The number of nitrogens with one attached hydrogen (secondary N) is 1. The summed E-state index contributed by atoms with van der Waals surface area (Å²) in [6.07, 6.45) is 0.0528. The zero-order chi connectivity index (χ0) is 24.4. The van der Waals surface area contributed by atoms with Crippen molar-refractivity contribution < 1.29 is 14.7 Å². The van der Waals surface area contributed by atoms with Crippen molar-refractivity contribution in [3.63, 3.8) is 0 Å². The highest BCUT2D eigenvalue weighted by molar-refractivity contribution is 6.40. The van der Waals surface area contributed by atoms with Crippen LogP contribution in [0, 0.1) is 0 Å². The van der Waals surface area contributed by atoms with Gasteiger partial charge in [-0.15, -0.1) is 0 Å². The molecule has 1 aromatic heterocycles. The third-order valence-corrected chi connectivity index (χ3v) is 6.47. The van der Waals surface area contributed by atoms with Crippen LogP contribution < -0.4 is 5.32 Å². The van der Waals surface area contributed by atoms with Gasteiger partial charge in [0, 0.05) is 17.4 Å². The number of amides is 1. The summed E-state index contributed by atoms with van der Waals surface area (Å²) in [6.45, 7) is 0. The predicted octanol–water partition coefficient (Wildman–Crippen LogP) is 6.94. The second kappa shape index (κ2) is 10.2. The van der Waals surface area contributed by atoms with E-state index in [2.05, 4.69) is 10.3 Å². The van der Waals surface area contributed by atoms with E-state index in [9.17, 15) is 14.7 Å². The number of aliphatic carboxylic acids is 1. The maximum atomic E-state index is 12.7. The smallest absolute Gasteiger partial charge is 0.326 e. The molecule has 5 nitrogen and oxygen atoms in total. The molecule has 1 atom stereocenters. The minimum absolute atomic E-state index is 0.0329. The Morgan fingerprint density at radius 3 is 2.09 bits per heavy atom. The van der Waals surface area contributed by atoms with E-state index in [1.165, 1.54) is 12.1 Å². The van der Waals surface area contributed by atoms with Crippen LogP contribution in [0.1, 0.15) is 15.9 Å². The molecule has 34 heavy (non-hydrogen) atoms. The summed E-state index contributed by atoms with van der Waals surface area (Å²) >= 11 is 24.7. The Hall–Kier alpha value is -2.83. The van der Waals surface area contributed by atoms with Gasteiger partial charge in [-0.3, -0.25) is 4.79 Å². The summed E-state index contributed by atoms with van der Waals surface area (Å²) in [4.78, 5) is 29.2. The molecule has 0 saturated carbocycles. The molecule has 0 unspecified atom stereocenters. The van der Waals surface area contributed by atoms with Crippen LogP contribution in [0.15, 0.2) is 66.7 Å². The summed E-state index contributed by atoms with van der Waals surface area (Å²) in [6, 6.07) is 17.7. The lowest BCUT2D eigenvalue weighted by molar-refractivity contribution is -0.139. The van der Waals surface area contributed by atoms with Crippen LogP contribution in [0.5, 0.6) is 0 Å². The molecule has 3 aromatic carbocycles. The number of rotatable bonds is 6. The molecular formula is C25H16Cl4N2O3. The van der Waals surface area contributed by atoms with Gasteiger partial charge < -0.3 is 10.4 Å². The number of hydrogen-bond donors (Lipinski definition) is 2. The SMILES string of the molecule is O=C(N[C@H](Cc1ccc2nc(-c3c(Cl)cccc3Cl)ccc2c1)C(=O)O)c1c(Cl)cccc1Cl. The van der Waals surface area contributed by atoms with Crippen molar-refractivity contribution in [1.29, 1.82) is 0 Å². The predicted molar refractivity (Wildman–Crippen MR) is 136 cm³/mol. The van der Waals surface area contributed by atoms with Crippen LogP contribution in [-0.2, 0) is 11.2 Å². The van der Waals surface area contributed by atoms with Crippen molar-refractivity contribution in [2.24, 2.45) is 0 Å². The van der Waals surface area contributed by atoms with Crippen LogP contribution in [0.3, 0.4) is 0 Å². The van der Waals surface area contributed by atoms with Gasteiger partial charge in [0.05, 0.1) is 36.9 Å². The summed E-state index contributed by atoms with van der Waals surface area (Å²) in [5.74, 6) is -1.84. The number of pyridine rings is 1. The van der Waals surface area contributed by atoms with Gasteiger partial charge in [-0.1, -0.05) is 70.7 Å². The molecule has 0 saturated heterocycles. The fraction of sp³-hybridized carbons (Fsp3) is 0.0800. The highest BCUT2D eigenvalue weighted by atomic mass is 35.5. The van der Waals surface area contributed by atoms with Gasteiger partial charge in [0.2, 0.25) is 0 Å². The van der Waals surface area contributed by atoms with Crippen molar-refractivity contribution >= 4 is 69.2 Å². The van der Waals surface area contributed by atoms with Crippen molar-refractivity contribution in [1.82, 2.24) is 10.3 Å². The standard InChI is InChI=1S/C25H16Cl4N2O3/c26-15-3-1-4-16(27)22(15)20-10-8-14-11-13(7-9-19(14)30-20)12-21(25(33)34)31-24(32)23-17(28)5-2-6-18(23)29/h1-11,21H,12H2,(H,31,32)(H,33,34)/t21-/m1/s1. The third kappa shape index (κ3) is 5.13. The maximum absolute atomic E-state index is 12.7. The molecule has 0 spiro atoms. The van der Waals surface area contributed by atoms with E-state index < -0.39 is 17.9 Å². The molecular weight excluding hydrogens is 518 g/mol. The van der Waals surface area contributed by atoms with Crippen LogP contribution in [0.2, 0.25) is 20.1 Å². The number of carboxylic acid groups (broad SMARTS) is 1. The molecule has 1 heterocycles. The normalized spacial score (nSPS) is 11.9. The Morgan fingerprint density at radius 2 is 1.47 bits per heavy atom. The first kappa shape index (κ1) is 24.3. The molecule has 0 aliphatic carbocycles. The number of benzene rings is 3. The lowest BCUT2D eigenvalue weighted by Crippen LogP contribution is -2.42. The van der Waals surface area contributed by atoms with E-state index >= 15 is 0 Å². The van der Waals surface area contributed by atoms with E-state index in [-0.39, 0.29) is 22.0 Å². The van der Waals surface area contributed by atoms with Crippen LogP contribution in [0.25, 0.3) is 22.2 Å². The zero-order valence-corrected chi connectivity index (χ0v) is 20.4. The zero-order valence-electron chi connectivity index (χ0n) is 17.4. The van der Waals surface area contributed by atoms with Gasteiger partial charge in [0.15, 0.2) is 0 Å². The van der Waals surface area contributed by atoms with Crippen molar-refractivity contribution in [3.8, 4) is 11.3 Å². The topological polar surface area (TPSA) is 79.3 Å². The fourth-order valence-corrected chi connectivity index (χ4v) is 4.72. The van der Waals surface area contributed by atoms with E-state index in [4.69, 9.17) is 46.4 Å². The highest BCUT2D eigenvalue weighted by Crippen LogP contribution is 2.34.